The smallest absolute Gasteiger partial charge is 0.132 e. The Bertz CT molecular complexity index is 344. The van der Waals surface area contributed by atoms with Crippen molar-refractivity contribution in [2.24, 2.45) is 0 Å². The topological polar surface area (TPSA) is 59.1 Å². The second-order valence-electron chi connectivity index (χ2n) is 4.07. The van der Waals surface area contributed by atoms with Crippen LogP contribution in [0.3, 0.4) is 0 Å². The Morgan fingerprint density at radius 1 is 1.11 bits per heavy atom. The number of hydrogen-bond acceptors (Lipinski definition) is 5. The molecule has 0 radical (unpaired) electrons. The first-order chi connectivity index (χ1) is 8.80. The van der Waals surface area contributed by atoms with Crippen molar-refractivity contribution in [3.63, 3.8) is 0 Å². The lowest BCUT2D eigenvalue weighted by atomic mass is 10.3. The Morgan fingerprint density at radius 2 is 1.83 bits per heavy atom. The van der Waals surface area contributed by atoms with E-state index >= 15 is 0 Å². The van der Waals surface area contributed by atoms with Gasteiger partial charge in [0.25, 0.3) is 0 Å². The van der Waals surface area contributed by atoms with E-state index in [0.717, 1.165) is 56.4 Å². The fourth-order valence-electron chi connectivity index (χ4n) is 1.61. The summed E-state index contributed by atoms with van der Waals surface area (Å²) in [4.78, 5) is 8.88. The Balaban J connectivity index is 2.50. The van der Waals surface area contributed by atoms with Crippen molar-refractivity contribution < 1.29 is 4.74 Å². The van der Waals surface area contributed by atoms with Crippen LogP contribution in [0.5, 0.6) is 0 Å². The fraction of sp³-hybridized carbons (Fsp3) is 0.692. The van der Waals surface area contributed by atoms with Crippen LogP contribution in [0.25, 0.3) is 0 Å². The number of nitrogens with zero attached hydrogens (tertiary/aromatic N) is 2. The van der Waals surface area contributed by atoms with Crippen LogP contribution in [-0.4, -0.2) is 36.8 Å². The van der Waals surface area contributed by atoms with Gasteiger partial charge in [-0.3, -0.25) is 0 Å². The minimum atomic E-state index is 0.814. The maximum absolute atomic E-state index is 5.02. The first-order valence-corrected chi connectivity index (χ1v) is 6.64. The molecule has 5 nitrogen and oxygen atoms in total. The van der Waals surface area contributed by atoms with Crippen LogP contribution in [-0.2, 0) is 11.2 Å². The van der Waals surface area contributed by atoms with Gasteiger partial charge in [-0.2, -0.15) is 0 Å². The number of nitrogens with one attached hydrogen (secondary N) is 2. The molecule has 1 aromatic rings. The fourth-order valence-corrected chi connectivity index (χ4v) is 1.61. The third kappa shape index (κ3) is 5.31. The third-order valence-corrected chi connectivity index (χ3v) is 2.53. The highest BCUT2D eigenvalue weighted by atomic mass is 16.5. The summed E-state index contributed by atoms with van der Waals surface area (Å²) in [5, 5.41) is 6.55. The van der Waals surface area contributed by atoms with Gasteiger partial charge in [0.15, 0.2) is 0 Å². The highest BCUT2D eigenvalue weighted by Gasteiger charge is 2.02. The summed E-state index contributed by atoms with van der Waals surface area (Å²) in [6, 6.07) is 1.96. The van der Waals surface area contributed by atoms with E-state index in [9.17, 15) is 0 Å². The van der Waals surface area contributed by atoms with Crippen LogP contribution < -0.4 is 10.6 Å². The molecule has 1 aromatic heterocycles. The summed E-state index contributed by atoms with van der Waals surface area (Å²) < 4.78 is 5.02. The van der Waals surface area contributed by atoms with Gasteiger partial charge < -0.3 is 15.4 Å². The quantitative estimate of drug-likeness (QED) is 0.660. The molecule has 0 bridgehead atoms. The monoisotopic (exact) mass is 252 g/mol. The molecular weight excluding hydrogens is 228 g/mol. The van der Waals surface area contributed by atoms with Gasteiger partial charge in [-0.05, 0) is 19.8 Å². The molecule has 1 heterocycles. The van der Waals surface area contributed by atoms with Gasteiger partial charge in [0.1, 0.15) is 17.5 Å². The average Bonchev–Trinajstić information content (AvgIpc) is 2.38. The Kier molecular flexibility index (Phi) is 7.10. The van der Waals surface area contributed by atoms with E-state index in [1.807, 2.05) is 6.07 Å². The van der Waals surface area contributed by atoms with E-state index in [2.05, 4.69) is 34.4 Å². The molecule has 0 aliphatic heterocycles. The van der Waals surface area contributed by atoms with Gasteiger partial charge in [-0.25, -0.2) is 9.97 Å². The van der Waals surface area contributed by atoms with Gasteiger partial charge in [-0.1, -0.05) is 6.92 Å². The molecule has 0 fully saturated rings. The maximum atomic E-state index is 5.02. The molecule has 102 valence electrons. The zero-order valence-electron chi connectivity index (χ0n) is 11.6. The maximum Gasteiger partial charge on any atom is 0.132 e. The Morgan fingerprint density at radius 3 is 2.44 bits per heavy atom. The molecule has 0 aliphatic carbocycles. The molecule has 0 unspecified atom stereocenters. The number of unbranched alkanes of at least 4 members (excludes halogenated alkanes) is 1. The summed E-state index contributed by atoms with van der Waals surface area (Å²) in [5.41, 5.74) is 0. The van der Waals surface area contributed by atoms with Crippen molar-refractivity contribution in [2.75, 3.05) is 37.4 Å². The minimum absolute atomic E-state index is 0.814. The molecular formula is C13H24N4O. The van der Waals surface area contributed by atoms with Crippen LogP contribution in [0.4, 0.5) is 11.6 Å². The molecule has 5 heteroatoms. The van der Waals surface area contributed by atoms with Crippen LogP contribution >= 0.6 is 0 Å². The summed E-state index contributed by atoms with van der Waals surface area (Å²) in [6.07, 6.45) is 2.99. The van der Waals surface area contributed by atoms with E-state index in [1.165, 1.54) is 0 Å². The number of aryl methyl sites for hydroxylation is 1. The van der Waals surface area contributed by atoms with Crippen molar-refractivity contribution in [1.82, 2.24) is 9.97 Å². The Hall–Kier alpha value is -1.36. The highest BCUT2D eigenvalue weighted by molar-refractivity contribution is 5.47. The van der Waals surface area contributed by atoms with Crippen LogP contribution in [0.15, 0.2) is 6.07 Å². The first-order valence-electron chi connectivity index (χ1n) is 6.64. The van der Waals surface area contributed by atoms with E-state index in [4.69, 9.17) is 4.74 Å². The second-order valence-corrected chi connectivity index (χ2v) is 4.07. The number of methoxy groups -OCH3 is 1. The number of ether oxygens (including phenoxy) is 1. The van der Waals surface area contributed by atoms with Crippen molar-refractivity contribution in [2.45, 2.75) is 33.1 Å². The van der Waals surface area contributed by atoms with E-state index in [0.29, 0.717) is 0 Å². The van der Waals surface area contributed by atoms with E-state index in [-0.39, 0.29) is 0 Å². The van der Waals surface area contributed by atoms with Gasteiger partial charge >= 0.3 is 0 Å². The third-order valence-electron chi connectivity index (χ3n) is 2.53. The number of rotatable bonds is 9. The van der Waals surface area contributed by atoms with Crippen LogP contribution in [0.2, 0.25) is 0 Å². The lowest BCUT2D eigenvalue weighted by Crippen LogP contribution is -2.09. The summed E-state index contributed by atoms with van der Waals surface area (Å²) in [7, 11) is 1.73. The van der Waals surface area contributed by atoms with Gasteiger partial charge in [-0.15, -0.1) is 0 Å². The largest absolute Gasteiger partial charge is 0.385 e. The second kappa shape index (κ2) is 8.69. The highest BCUT2D eigenvalue weighted by Crippen LogP contribution is 2.11. The lowest BCUT2D eigenvalue weighted by molar-refractivity contribution is 0.194. The zero-order valence-corrected chi connectivity index (χ0v) is 11.6. The number of aromatic nitrogens is 2. The van der Waals surface area contributed by atoms with Gasteiger partial charge in [0.05, 0.1) is 0 Å². The molecule has 0 amide bonds. The molecule has 0 atom stereocenters. The van der Waals surface area contributed by atoms with E-state index < -0.39 is 0 Å². The molecule has 0 spiro atoms. The Labute approximate surface area is 109 Å². The first kappa shape index (κ1) is 14.7. The summed E-state index contributed by atoms with van der Waals surface area (Å²) in [5.74, 6) is 2.66. The molecule has 0 aromatic carbocycles. The van der Waals surface area contributed by atoms with Gasteiger partial charge in [0.2, 0.25) is 0 Å². The normalized spacial score (nSPS) is 10.4. The van der Waals surface area contributed by atoms with E-state index in [1.54, 1.807) is 7.11 Å². The zero-order chi connectivity index (χ0) is 13.2. The molecule has 1 rings (SSSR count). The number of anilines is 2. The van der Waals surface area contributed by atoms with Gasteiger partial charge in [0, 0.05) is 39.3 Å². The summed E-state index contributed by atoms with van der Waals surface area (Å²) in [6.45, 7) is 6.72. The predicted molar refractivity (Wildman–Crippen MR) is 75.2 cm³/mol. The van der Waals surface area contributed by atoms with Crippen molar-refractivity contribution in [3.8, 4) is 0 Å². The van der Waals surface area contributed by atoms with Crippen molar-refractivity contribution >= 4 is 11.6 Å². The minimum Gasteiger partial charge on any atom is -0.385 e. The lowest BCUT2D eigenvalue weighted by Gasteiger charge is -2.09. The molecule has 2 N–H and O–H groups in total. The molecule has 0 aliphatic rings. The predicted octanol–water partition coefficient (Wildman–Crippen LogP) is 2.31. The SMILES string of the molecule is CCNc1cc(NCCCCOC)nc(CC)n1. The van der Waals surface area contributed by atoms with Crippen LogP contribution in [0.1, 0.15) is 32.5 Å². The van der Waals surface area contributed by atoms with Crippen LogP contribution in [0, 0.1) is 0 Å². The van der Waals surface area contributed by atoms with Crippen molar-refractivity contribution in [1.29, 1.82) is 0 Å². The average molecular weight is 252 g/mol. The molecule has 0 saturated heterocycles. The molecule has 18 heavy (non-hydrogen) atoms. The number of hydrogen-bond donors (Lipinski definition) is 2. The standard InChI is InChI=1S/C13H24N4O/c1-4-11-16-12(14-5-2)10-13(17-11)15-8-6-7-9-18-3/h10H,4-9H2,1-3H3,(H2,14,15,16,17). The summed E-state index contributed by atoms with van der Waals surface area (Å²) >= 11 is 0. The molecule has 0 saturated carbocycles. The van der Waals surface area contributed by atoms with Crippen molar-refractivity contribution in [3.05, 3.63) is 11.9 Å².